The van der Waals surface area contributed by atoms with Crippen molar-refractivity contribution in [3.63, 3.8) is 0 Å². The Morgan fingerprint density at radius 1 is 0.949 bits per heavy atom. The molecular formula is C27H27F4N7O. The van der Waals surface area contributed by atoms with Gasteiger partial charge >= 0.3 is 0 Å². The number of benzene rings is 1. The lowest BCUT2D eigenvalue weighted by Gasteiger charge is -2.27. The number of fused-ring (bicyclic) bond motifs is 1. The van der Waals surface area contributed by atoms with Crippen LogP contribution in [0.1, 0.15) is 17.7 Å². The SMILES string of the molecule is Fc1cc(-n2ccc3cnc(Nc4ccnc(CN5CCC(F)(F)C5)c4)nc32)cc(F)c1CN1CCOCC1. The third-order valence-electron chi connectivity index (χ3n) is 7.02. The van der Waals surface area contributed by atoms with Crippen LogP contribution in [0, 0.1) is 11.6 Å². The molecule has 2 fully saturated rings. The summed E-state index contributed by atoms with van der Waals surface area (Å²) in [6, 6.07) is 7.88. The van der Waals surface area contributed by atoms with Crippen LogP contribution in [-0.4, -0.2) is 74.6 Å². The fourth-order valence-corrected chi connectivity index (χ4v) is 4.99. The Balaban J connectivity index is 1.22. The van der Waals surface area contributed by atoms with Crippen LogP contribution in [0.25, 0.3) is 16.7 Å². The molecular weight excluding hydrogens is 514 g/mol. The zero-order valence-corrected chi connectivity index (χ0v) is 21.1. The monoisotopic (exact) mass is 541 g/mol. The summed E-state index contributed by atoms with van der Waals surface area (Å²) in [7, 11) is 0. The van der Waals surface area contributed by atoms with Gasteiger partial charge in [0.1, 0.15) is 17.3 Å². The summed E-state index contributed by atoms with van der Waals surface area (Å²) in [5, 5.41) is 3.82. The van der Waals surface area contributed by atoms with Crippen molar-refractivity contribution >= 4 is 22.7 Å². The first-order valence-electron chi connectivity index (χ1n) is 12.8. The van der Waals surface area contributed by atoms with Gasteiger partial charge < -0.3 is 14.6 Å². The third-order valence-corrected chi connectivity index (χ3v) is 7.02. The van der Waals surface area contributed by atoms with Crippen molar-refractivity contribution in [2.45, 2.75) is 25.4 Å². The number of ether oxygens (including phenoxy) is 1. The second-order valence-corrected chi connectivity index (χ2v) is 9.91. The normalized spacial score (nSPS) is 18.2. The van der Waals surface area contributed by atoms with Gasteiger partial charge in [0.25, 0.3) is 5.92 Å². The highest BCUT2D eigenvalue weighted by Gasteiger charge is 2.38. The molecule has 0 aliphatic carbocycles. The number of anilines is 2. The van der Waals surface area contributed by atoms with Gasteiger partial charge in [-0.15, -0.1) is 0 Å². The lowest BCUT2D eigenvalue weighted by molar-refractivity contribution is 0.0114. The van der Waals surface area contributed by atoms with Gasteiger partial charge in [0, 0.05) is 74.4 Å². The molecule has 8 nitrogen and oxygen atoms in total. The van der Waals surface area contributed by atoms with E-state index in [2.05, 4.69) is 20.3 Å². The molecule has 6 rings (SSSR count). The minimum atomic E-state index is -2.66. The maximum Gasteiger partial charge on any atom is 0.261 e. The zero-order valence-electron chi connectivity index (χ0n) is 21.1. The summed E-state index contributed by atoms with van der Waals surface area (Å²) in [4.78, 5) is 16.9. The van der Waals surface area contributed by atoms with Crippen molar-refractivity contribution in [3.05, 3.63) is 71.8 Å². The van der Waals surface area contributed by atoms with Crippen molar-refractivity contribution in [2.75, 3.05) is 44.7 Å². The summed E-state index contributed by atoms with van der Waals surface area (Å²) in [5.74, 6) is -3.63. The molecule has 2 aliphatic rings. The molecule has 3 aromatic heterocycles. The van der Waals surface area contributed by atoms with E-state index in [-0.39, 0.29) is 31.0 Å². The highest BCUT2D eigenvalue weighted by Crippen LogP contribution is 2.28. The fraction of sp³-hybridized carbons (Fsp3) is 0.370. The second-order valence-electron chi connectivity index (χ2n) is 9.91. The number of alkyl halides is 2. The van der Waals surface area contributed by atoms with E-state index in [1.54, 1.807) is 46.3 Å². The van der Waals surface area contributed by atoms with E-state index in [0.717, 1.165) is 0 Å². The molecule has 204 valence electrons. The van der Waals surface area contributed by atoms with Crippen LogP contribution in [0.15, 0.2) is 48.9 Å². The van der Waals surface area contributed by atoms with Gasteiger partial charge in [0.2, 0.25) is 5.95 Å². The van der Waals surface area contributed by atoms with Gasteiger partial charge in [-0.05, 0) is 30.3 Å². The number of hydrogen-bond acceptors (Lipinski definition) is 7. The molecule has 12 heteroatoms. The van der Waals surface area contributed by atoms with Crippen LogP contribution in [0.2, 0.25) is 0 Å². The van der Waals surface area contributed by atoms with Crippen LogP contribution in [-0.2, 0) is 17.8 Å². The number of nitrogens with one attached hydrogen (secondary N) is 1. The van der Waals surface area contributed by atoms with Crippen LogP contribution in [0.4, 0.5) is 29.2 Å². The van der Waals surface area contributed by atoms with E-state index < -0.39 is 17.6 Å². The quantitative estimate of drug-likeness (QED) is 0.345. The van der Waals surface area contributed by atoms with Crippen molar-refractivity contribution in [3.8, 4) is 5.69 Å². The summed E-state index contributed by atoms with van der Waals surface area (Å²) in [6.07, 6.45) is 4.75. The van der Waals surface area contributed by atoms with Gasteiger partial charge in [0.05, 0.1) is 31.1 Å². The predicted octanol–water partition coefficient (Wildman–Crippen LogP) is 4.51. The van der Waals surface area contributed by atoms with E-state index in [0.29, 0.717) is 67.5 Å². The fourth-order valence-electron chi connectivity index (χ4n) is 4.99. The zero-order chi connectivity index (χ0) is 27.0. The van der Waals surface area contributed by atoms with Crippen molar-refractivity contribution < 1.29 is 22.3 Å². The molecule has 5 heterocycles. The molecule has 1 N–H and O–H groups in total. The Kier molecular flexibility index (Phi) is 6.92. The molecule has 0 atom stereocenters. The van der Waals surface area contributed by atoms with Gasteiger partial charge in [0.15, 0.2) is 0 Å². The molecule has 0 saturated carbocycles. The van der Waals surface area contributed by atoms with Crippen LogP contribution in [0.5, 0.6) is 0 Å². The number of aromatic nitrogens is 4. The van der Waals surface area contributed by atoms with E-state index in [1.165, 1.54) is 12.1 Å². The Bertz CT molecular complexity index is 1470. The number of morpholine rings is 1. The highest BCUT2D eigenvalue weighted by molar-refractivity contribution is 5.78. The minimum Gasteiger partial charge on any atom is -0.379 e. The Morgan fingerprint density at radius 2 is 1.74 bits per heavy atom. The van der Waals surface area contributed by atoms with Crippen LogP contribution < -0.4 is 5.32 Å². The molecule has 1 aromatic carbocycles. The molecule has 0 bridgehead atoms. The van der Waals surface area contributed by atoms with Gasteiger partial charge in [-0.1, -0.05) is 0 Å². The summed E-state index contributed by atoms with van der Waals surface area (Å²) >= 11 is 0. The van der Waals surface area contributed by atoms with Crippen molar-refractivity contribution in [1.29, 1.82) is 0 Å². The van der Waals surface area contributed by atoms with E-state index in [9.17, 15) is 8.78 Å². The molecule has 0 unspecified atom stereocenters. The summed E-state index contributed by atoms with van der Waals surface area (Å²) < 4.78 is 64.1. The topological polar surface area (TPSA) is 71.3 Å². The maximum absolute atomic E-state index is 15.0. The second kappa shape index (κ2) is 10.5. The first-order chi connectivity index (χ1) is 18.8. The standard InChI is InChI=1S/C27H27F4N7O/c28-23-12-21(13-24(29)22(23)16-36-7-9-39-10-8-36)38-5-2-18-14-33-26(35-25(18)38)34-19-1-4-32-20(11-19)15-37-6-3-27(30,31)17-37/h1-2,4-5,11-14H,3,6-10,15-17H2,(H,32,33,34,35). The highest BCUT2D eigenvalue weighted by atomic mass is 19.3. The lowest BCUT2D eigenvalue weighted by Crippen LogP contribution is -2.36. The number of halogens is 4. The Morgan fingerprint density at radius 3 is 2.49 bits per heavy atom. The van der Waals surface area contributed by atoms with E-state index in [4.69, 9.17) is 4.74 Å². The first-order valence-corrected chi connectivity index (χ1v) is 12.8. The van der Waals surface area contributed by atoms with Crippen LogP contribution in [0.3, 0.4) is 0 Å². The minimum absolute atomic E-state index is 0.0280. The number of likely N-dealkylation sites (tertiary alicyclic amines) is 1. The molecule has 0 radical (unpaired) electrons. The van der Waals surface area contributed by atoms with E-state index in [1.807, 2.05) is 4.90 Å². The number of pyridine rings is 1. The number of nitrogens with zero attached hydrogens (tertiary/aromatic N) is 6. The number of hydrogen-bond donors (Lipinski definition) is 1. The van der Waals surface area contributed by atoms with Crippen molar-refractivity contribution in [2.24, 2.45) is 0 Å². The van der Waals surface area contributed by atoms with Gasteiger partial charge in [-0.25, -0.2) is 22.5 Å². The molecule has 2 aliphatic heterocycles. The molecule has 0 spiro atoms. The van der Waals surface area contributed by atoms with Crippen LogP contribution >= 0.6 is 0 Å². The van der Waals surface area contributed by atoms with Crippen molar-refractivity contribution in [1.82, 2.24) is 29.3 Å². The Hall–Kier alpha value is -3.61. The summed E-state index contributed by atoms with van der Waals surface area (Å²) in [6.45, 7) is 2.88. The van der Waals surface area contributed by atoms with Gasteiger partial charge in [-0.3, -0.25) is 14.8 Å². The maximum atomic E-state index is 15.0. The van der Waals surface area contributed by atoms with Gasteiger partial charge in [-0.2, -0.15) is 4.98 Å². The summed E-state index contributed by atoms with van der Waals surface area (Å²) in [5.41, 5.74) is 2.10. The molecule has 4 aromatic rings. The first kappa shape index (κ1) is 25.7. The average molecular weight is 542 g/mol. The largest absolute Gasteiger partial charge is 0.379 e. The molecule has 0 amide bonds. The average Bonchev–Trinajstić information content (AvgIpc) is 3.49. The molecule has 2 saturated heterocycles. The predicted molar refractivity (Wildman–Crippen MR) is 137 cm³/mol. The lowest BCUT2D eigenvalue weighted by atomic mass is 10.1. The Labute approximate surface area is 222 Å². The van der Waals surface area contributed by atoms with E-state index >= 15 is 8.78 Å². The number of rotatable bonds is 7. The third kappa shape index (κ3) is 5.72. The molecule has 39 heavy (non-hydrogen) atoms. The smallest absolute Gasteiger partial charge is 0.261 e.